The van der Waals surface area contributed by atoms with Crippen molar-refractivity contribution in [2.24, 2.45) is 5.92 Å². The molecule has 0 bridgehead atoms. The van der Waals surface area contributed by atoms with Crippen molar-refractivity contribution in [1.82, 2.24) is 25.2 Å². The standard InChI is InChI=1S/C14H13N5O3/c20-13(8-1-2-11-12(3-8)16-17-15-11)18-4-9-6-19(14(21)22)7-10(9)5-18/h1-4,10H,5-7H2,(H,21,22)(H,15,16,17)/t10-/m0/s1. The van der Waals surface area contributed by atoms with Crippen molar-refractivity contribution in [3.63, 3.8) is 0 Å². The van der Waals surface area contributed by atoms with E-state index in [1.165, 1.54) is 4.90 Å². The third-order valence-corrected chi connectivity index (χ3v) is 4.18. The Morgan fingerprint density at radius 1 is 1.32 bits per heavy atom. The van der Waals surface area contributed by atoms with Crippen molar-refractivity contribution in [3.8, 4) is 0 Å². The van der Waals surface area contributed by atoms with E-state index < -0.39 is 6.09 Å². The van der Waals surface area contributed by atoms with Crippen LogP contribution in [0.2, 0.25) is 0 Å². The highest BCUT2D eigenvalue weighted by Gasteiger charge is 2.37. The number of carbonyl (C=O) groups excluding carboxylic acids is 1. The molecule has 2 aliphatic rings. The number of likely N-dealkylation sites (tertiary alicyclic amines) is 1. The fourth-order valence-electron chi connectivity index (χ4n) is 3.04. The fourth-order valence-corrected chi connectivity index (χ4v) is 3.04. The van der Waals surface area contributed by atoms with E-state index >= 15 is 0 Å². The van der Waals surface area contributed by atoms with Gasteiger partial charge in [-0.2, -0.15) is 0 Å². The second-order valence-corrected chi connectivity index (χ2v) is 5.57. The molecule has 0 unspecified atom stereocenters. The van der Waals surface area contributed by atoms with E-state index in [0.717, 1.165) is 11.1 Å². The number of amides is 2. The quantitative estimate of drug-likeness (QED) is 0.814. The Labute approximate surface area is 125 Å². The highest BCUT2D eigenvalue weighted by atomic mass is 16.4. The minimum Gasteiger partial charge on any atom is -0.465 e. The maximum Gasteiger partial charge on any atom is 0.407 e. The lowest BCUT2D eigenvalue weighted by Gasteiger charge is -2.17. The van der Waals surface area contributed by atoms with E-state index in [-0.39, 0.29) is 11.8 Å². The first-order chi connectivity index (χ1) is 10.6. The van der Waals surface area contributed by atoms with Crippen LogP contribution in [0.15, 0.2) is 30.0 Å². The predicted molar refractivity (Wildman–Crippen MR) is 76.1 cm³/mol. The Bertz CT molecular complexity index is 812. The summed E-state index contributed by atoms with van der Waals surface area (Å²) >= 11 is 0. The molecular weight excluding hydrogens is 286 g/mol. The minimum atomic E-state index is -0.912. The topological polar surface area (TPSA) is 102 Å². The summed E-state index contributed by atoms with van der Waals surface area (Å²) in [6.45, 7) is 1.36. The smallest absolute Gasteiger partial charge is 0.407 e. The summed E-state index contributed by atoms with van der Waals surface area (Å²) in [7, 11) is 0. The van der Waals surface area contributed by atoms with Crippen LogP contribution in [0.1, 0.15) is 10.4 Å². The highest BCUT2D eigenvalue weighted by molar-refractivity contribution is 5.98. The second-order valence-electron chi connectivity index (χ2n) is 5.57. The Balaban J connectivity index is 1.56. The summed E-state index contributed by atoms with van der Waals surface area (Å²) < 4.78 is 0. The number of aromatic amines is 1. The monoisotopic (exact) mass is 299 g/mol. The van der Waals surface area contributed by atoms with Crippen molar-refractivity contribution in [2.75, 3.05) is 19.6 Å². The first-order valence-electron chi connectivity index (χ1n) is 6.92. The Kier molecular flexibility index (Phi) is 2.65. The molecule has 0 saturated carbocycles. The maximum atomic E-state index is 12.6. The Morgan fingerprint density at radius 3 is 2.95 bits per heavy atom. The van der Waals surface area contributed by atoms with Gasteiger partial charge in [-0.1, -0.05) is 5.21 Å². The van der Waals surface area contributed by atoms with Gasteiger partial charge < -0.3 is 14.9 Å². The third kappa shape index (κ3) is 1.92. The van der Waals surface area contributed by atoms with Gasteiger partial charge >= 0.3 is 6.09 Å². The first kappa shape index (κ1) is 12.8. The largest absolute Gasteiger partial charge is 0.465 e. The molecule has 2 amide bonds. The lowest BCUT2D eigenvalue weighted by Crippen LogP contribution is -2.32. The van der Waals surface area contributed by atoms with Gasteiger partial charge in [0.2, 0.25) is 0 Å². The molecule has 4 rings (SSSR count). The van der Waals surface area contributed by atoms with E-state index in [4.69, 9.17) is 5.11 Å². The van der Waals surface area contributed by atoms with Crippen LogP contribution >= 0.6 is 0 Å². The molecule has 0 spiro atoms. The van der Waals surface area contributed by atoms with Crippen molar-refractivity contribution in [1.29, 1.82) is 0 Å². The van der Waals surface area contributed by atoms with Crippen LogP contribution in [-0.4, -0.2) is 62.0 Å². The Morgan fingerprint density at radius 2 is 2.18 bits per heavy atom. The molecule has 8 heteroatoms. The van der Waals surface area contributed by atoms with E-state index in [0.29, 0.717) is 30.7 Å². The molecular formula is C14H13N5O3. The number of hydrogen-bond acceptors (Lipinski definition) is 4. The van der Waals surface area contributed by atoms with Crippen LogP contribution in [0.5, 0.6) is 0 Å². The van der Waals surface area contributed by atoms with Crippen LogP contribution in [0.25, 0.3) is 11.0 Å². The van der Waals surface area contributed by atoms with Crippen molar-refractivity contribution in [3.05, 3.63) is 35.5 Å². The van der Waals surface area contributed by atoms with Crippen LogP contribution in [-0.2, 0) is 0 Å². The Hall–Kier alpha value is -2.90. The number of rotatable bonds is 1. The zero-order chi connectivity index (χ0) is 15.3. The molecule has 1 saturated heterocycles. The zero-order valence-corrected chi connectivity index (χ0v) is 11.6. The number of benzene rings is 1. The second kappa shape index (κ2) is 4.55. The van der Waals surface area contributed by atoms with Crippen molar-refractivity contribution >= 4 is 23.0 Å². The van der Waals surface area contributed by atoms with E-state index in [1.807, 2.05) is 0 Å². The first-order valence-corrected chi connectivity index (χ1v) is 6.92. The minimum absolute atomic E-state index is 0.103. The molecule has 8 nitrogen and oxygen atoms in total. The summed E-state index contributed by atoms with van der Waals surface area (Å²) in [4.78, 5) is 26.6. The molecule has 1 atom stereocenters. The van der Waals surface area contributed by atoms with Gasteiger partial charge in [0.25, 0.3) is 5.91 Å². The number of carbonyl (C=O) groups is 2. The lowest BCUT2D eigenvalue weighted by molar-refractivity contribution is 0.0821. The van der Waals surface area contributed by atoms with E-state index in [1.54, 1.807) is 29.3 Å². The number of nitrogens with one attached hydrogen (secondary N) is 1. The normalized spacial score (nSPS) is 20.4. The van der Waals surface area contributed by atoms with Gasteiger partial charge in [-0.25, -0.2) is 4.79 Å². The molecule has 1 aromatic carbocycles. The highest BCUT2D eigenvalue weighted by Crippen LogP contribution is 2.30. The van der Waals surface area contributed by atoms with Gasteiger partial charge in [0, 0.05) is 37.3 Å². The van der Waals surface area contributed by atoms with Gasteiger partial charge in [0.15, 0.2) is 0 Å². The number of carboxylic acid groups (broad SMARTS) is 1. The number of fused-ring (bicyclic) bond motifs is 2. The van der Waals surface area contributed by atoms with E-state index in [9.17, 15) is 9.59 Å². The van der Waals surface area contributed by atoms with Gasteiger partial charge in [-0.3, -0.25) is 9.89 Å². The van der Waals surface area contributed by atoms with Crippen LogP contribution < -0.4 is 0 Å². The van der Waals surface area contributed by atoms with Crippen LogP contribution in [0.3, 0.4) is 0 Å². The zero-order valence-electron chi connectivity index (χ0n) is 11.6. The molecule has 22 heavy (non-hydrogen) atoms. The number of aromatic nitrogens is 3. The number of hydrogen-bond donors (Lipinski definition) is 2. The fraction of sp³-hybridized carbons (Fsp3) is 0.286. The lowest BCUT2D eigenvalue weighted by atomic mass is 10.1. The predicted octanol–water partition coefficient (Wildman–Crippen LogP) is 0.907. The number of H-pyrrole nitrogens is 1. The average Bonchev–Trinajstić information content (AvgIpc) is 3.18. The summed E-state index contributed by atoms with van der Waals surface area (Å²) in [5, 5.41) is 19.4. The third-order valence-electron chi connectivity index (χ3n) is 4.18. The molecule has 2 aliphatic heterocycles. The summed E-state index contributed by atoms with van der Waals surface area (Å²) in [6.07, 6.45) is 0.868. The molecule has 112 valence electrons. The molecule has 1 fully saturated rings. The van der Waals surface area contributed by atoms with Gasteiger partial charge in [-0.15, -0.1) is 5.10 Å². The molecule has 1 aromatic heterocycles. The van der Waals surface area contributed by atoms with Crippen LogP contribution in [0.4, 0.5) is 4.79 Å². The molecule has 2 aromatic rings. The van der Waals surface area contributed by atoms with Crippen molar-refractivity contribution in [2.45, 2.75) is 0 Å². The van der Waals surface area contributed by atoms with Gasteiger partial charge in [-0.05, 0) is 23.8 Å². The number of nitrogens with zero attached hydrogens (tertiary/aromatic N) is 4. The molecule has 2 N–H and O–H groups in total. The average molecular weight is 299 g/mol. The summed E-state index contributed by atoms with van der Waals surface area (Å²) in [5.41, 5.74) is 2.98. The van der Waals surface area contributed by atoms with E-state index in [2.05, 4.69) is 15.4 Å². The molecule has 0 aliphatic carbocycles. The summed E-state index contributed by atoms with van der Waals surface area (Å²) in [5.74, 6) is 0.00417. The molecule has 0 radical (unpaired) electrons. The molecule has 3 heterocycles. The van der Waals surface area contributed by atoms with Crippen LogP contribution in [0, 0.1) is 5.92 Å². The van der Waals surface area contributed by atoms with Gasteiger partial charge in [0.05, 0.1) is 5.52 Å². The van der Waals surface area contributed by atoms with Gasteiger partial charge in [0.1, 0.15) is 5.52 Å². The summed E-state index contributed by atoms with van der Waals surface area (Å²) in [6, 6.07) is 5.22. The SMILES string of the molecule is O=C(c1ccc2[nH]nnc2c1)N1C=C2CN(C(=O)O)C[C@@H]2C1. The maximum absolute atomic E-state index is 12.6. The van der Waals surface area contributed by atoms with Crippen molar-refractivity contribution < 1.29 is 14.7 Å².